The molecule has 3 rings (SSSR count). The van der Waals surface area contributed by atoms with E-state index in [1.165, 1.54) is 25.5 Å². The van der Waals surface area contributed by atoms with Crippen molar-refractivity contribution in [3.63, 3.8) is 0 Å². The van der Waals surface area contributed by atoms with E-state index < -0.39 is 10.0 Å². The van der Waals surface area contributed by atoms with Crippen LogP contribution in [0.1, 0.15) is 32.1 Å². The Labute approximate surface area is 163 Å². The van der Waals surface area contributed by atoms with Crippen LogP contribution in [0.2, 0.25) is 0 Å². The summed E-state index contributed by atoms with van der Waals surface area (Å²) < 4.78 is 31.9. The zero-order chi connectivity index (χ0) is 19.3. The number of hydrogen-bond donors (Lipinski definition) is 0. The van der Waals surface area contributed by atoms with Gasteiger partial charge in [-0.1, -0.05) is 6.42 Å². The minimum atomic E-state index is -3.30. The summed E-state index contributed by atoms with van der Waals surface area (Å²) in [6, 6.07) is -0.101. The molecule has 0 aromatic carbocycles. The lowest BCUT2D eigenvalue weighted by atomic mass is 10.1. The number of likely N-dealkylation sites (tertiary alicyclic amines) is 2. The molecule has 9 heteroatoms. The summed E-state index contributed by atoms with van der Waals surface area (Å²) in [4.78, 5) is 18.8. The molecule has 0 N–H and O–H groups in total. The largest absolute Gasteiger partial charge is 0.378 e. The van der Waals surface area contributed by atoms with Crippen LogP contribution in [0.25, 0.3) is 0 Å². The second kappa shape index (κ2) is 9.54. The molecule has 1 unspecified atom stereocenters. The van der Waals surface area contributed by atoms with E-state index in [-0.39, 0.29) is 12.1 Å². The number of rotatable bonds is 5. The van der Waals surface area contributed by atoms with Crippen LogP contribution < -0.4 is 0 Å². The molecular weight excluding hydrogens is 368 g/mol. The van der Waals surface area contributed by atoms with E-state index >= 15 is 0 Å². The third kappa shape index (κ3) is 5.79. The zero-order valence-corrected chi connectivity index (χ0v) is 17.3. The molecule has 3 fully saturated rings. The van der Waals surface area contributed by atoms with Crippen LogP contribution >= 0.6 is 0 Å². The fraction of sp³-hybridized carbons (Fsp3) is 0.944. The van der Waals surface area contributed by atoms with E-state index in [2.05, 4.69) is 4.90 Å². The number of amides is 2. The molecule has 0 aromatic rings. The Kier molecular flexibility index (Phi) is 7.35. The SMILES string of the molecule is CS(=O)(=O)N(CCN1CCCCC1)C1CCCN(C(=O)N2CCOCC2)C1. The van der Waals surface area contributed by atoms with Gasteiger partial charge < -0.3 is 19.4 Å². The third-order valence-electron chi connectivity index (χ3n) is 5.87. The fourth-order valence-corrected chi connectivity index (χ4v) is 5.49. The van der Waals surface area contributed by atoms with Crippen LogP contribution in [-0.4, -0.2) is 111 Å². The van der Waals surface area contributed by atoms with Gasteiger partial charge in [-0.05, 0) is 38.8 Å². The van der Waals surface area contributed by atoms with Gasteiger partial charge >= 0.3 is 6.03 Å². The monoisotopic (exact) mass is 402 g/mol. The summed E-state index contributed by atoms with van der Waals surface area (Å²) >= 11 is 0. The predicted molar refractivity (Wildman–Crippen MR) is 104 cm³/mol. The lowest BCUT2D eigenvalue weighted by Gasteiger charge is -2.41. The van der Waals surface area contributed by atoms with Crippen molar-refractivity contribution in [1.29, 1.82) is 0 Å². The van der Waals surface area contributed by atoms with Gasteiger partial charge in [0, 0.05) is 45.3 Å². The van der Waals surface area contributed by atoms with Gasteiger partial charge in [0.05, 0.1) is 19.5 Å². The van der Waals surface area contributed by atoms with Gasteiger partial charge in [-0.3, -0.25) is 0 Å². The van der Waals surface area contributed by atoms with Crippen LogP contribution in [0.4, 0.5) is 4.79 Å². The average molecular weight is 403 g/mol. The van der Waals surface area contributed by atoms with Gasteiger partial charge in [-0.25, -0.2) is 13.2 Å². The van der Waals surface area contributed by atoms with E-state index in [1.54, 1.807) is 4.31 Å². The van der Waals surface area contributed by atoms with E-state index in [0.717, 1.165) is 32.5 Å². The maximum Gasteiger partial charge on any atom is 0.320 e. The molecule has 0 aliphatic carbocycles. The van der Waals surface area contributed by atoms with Crippen molar-refractivity contribution in [2.45, 2.75) is 38.1 Å². The topological polar surface area (TPSA) is 73.4 Å². The van der Waals surface area contributed by atoms with Crippen LogP contribution in [-0.2, 0) is 14.8 Å². The Morgan fingerprint density at radius 2 is 1.70 bits per heavy atom. The Bertz CT molecular complexity index is 588. The van der Waals surface area contributed by atoms with Crippen molar-refractivity contribution in [2.24, 2.45) is 0 Å². The van der Waals surface area contributed by atoms with Crippen molar-refractivity contribution < 1.29 is 17.9 Å². The zero-order valence-electron chi connectivity index (χ0n) is 16.5. The highest BCUT2D eigenvalue weighted by Crippen LogP contribution is 2.20. The molecule has 3 heterocycles. The van der Waals surface area contributed by atoms with E-state index in [4.69, 9.17) is 4.74 Å². The maximum absolute atomic E-state index is 12.8. The van der Waals surface area contributed by atoms with Crippen molar-refractivity contribution in [3.8, 4) is 0 Å². The highest BCUT2D eigenvalue weighted by molar-refractivity contribution is 7.88. The number of nitrogens with zero attached hydrogens (tertiary/aromatic N) is 4. The third-order valence-corrected chi connectivity index (χ3v) is 7.20. The number of piperidine rings is 2. The first kappa shape index (κ1) is 20.8. The lowest BCUT2D eigenvalue weighted by molar-refractivity contribution is 0.0382. The number of sulfonamides is 1. The van der Waals surface area contributed by atoms with Gasteiger partial charge in [0.25, 0.3) is 0 Å². The predicted octanol–water partition coefficient (Wildman–Crippen LogP) is 0.651. The summed E-state index contributed by atoms with van der Waals surface area (Å²) in [5.74, 6) is 0. The van der Waals surface area contributed by atoms with E-state index in [0.29, 0.717) is 45.9 Å². The number of ether oxygens (including phenoxy) is 1. The minimum Gasteiger partial charge on any atom is -0.378 e. The van der Waals surface area contributed by atoms with Crippen LogP contribution in [0.3, 0.4) is 0 Å². The summed E-state index contributed by atoms with van der Waals surface area (Å²) in [6.07, 6.45) is 6.63. The molecule has 1 atom stereocenters. The molecule has 0 bridgehead atoms. The molecular formula is C18H34N4O4S. The average Bonchev–Trinajstić information content (AvgIpc) is 2.68. The smallest absolute Gasteiger partial charge is 0.320 e. The van der Waals surface area contributed by atoms with Gasteiger partial charge in [-0.15, -0.1) is 0 Å². The Balaban J connectivity index is 1.60. The number of morpholine rings is 1. The van der Waals surface area contributed by atoms with Crippen molar-refractivity contribution >= 4 is 16.1 Å². The Hall–Kier alpha value is -0.900. The van der Waals surface area contributed by atoms with Gasteiger partial charge in [-0.2, -0.15) is 4.31 Å². The van der Waals surface area contributed by atoms with Gasteiger partial charge in [0.1, 0.15) is 0 Å². The lowest BCUT2D eigenvalue weighted by Crippen LogP contribution is -2.56. The van der Waals surface area contributed by atoms with Gasteiger partial charge in [0.15, 0.2) is 0 Å². The van der Waals surface area contributed by atoms with Crippen LogP contribution in [0.15, 0.2) is 0 Å². The van der Waals surface area contributed by atoms with Gasteiger partial charge in [0.2, 0.25) is 10.0 Å². The molecule has 27 heavy (non-hydrogen) atoms. The number of carbonyl (C=O) groups is 1. The quantitative estimate of drug-likeness (QED) is 0.675. The molecule has 0 aromatic heterocycles. The van der Waals surface area contributed by atoms with Crippen LogP contribution in [0.5, 0.6) is 0 Å². The maximum atomic E-state index is 12.8. The molecule has 3 aliphatic rings. The molecule has 0 spiro atoms. The highest BCUT2D eigenvalue weighted by Gasteiger charge is 2.34. The number of urea groups is 1. The molecule has 156 valence electrons. The first-order valence-corrected chi connectivity index (χ1v) is 12.1. The second-order valence-corrected chi connectivity index (χ2v) is 9.84. The normalized spacial score (nSPS) is 25.8. The first-order valence-electron chi connectivity index (χ1n) is 10.3. The van der Waals surface area contributed by atoms with Crippen molar-refractivity contribution in [2.75, 3.05) is 71.8 Å². The van der Waals surface area contributed by atoms with Crippen LogP contribution in [0, 0.1) is 0 Å². The summed E-state index contributed by atoms with van der Waals surface area (Å²) in [5, 5.41) is 0. The summed E-state index contributed by atoms with van der Waals surface area (Å²) in [6.45, 7) is 7.00. The first-order chi connectivity index (χ1) is 12.9. The Morgan fingerprint density at radius 3 is 2.37 bits per heavy atom. The number of hydrogen-bond acceptors (Lipinski definition) is 5. The Morgan fingerprint density at radius 1 is 1.00 bits per heavy atom. The molecule has 3 aliphatic heterocycles. The molecule has 0 radical (unpaired) electrons. The second-order valence-electron chi connectivity index (χ2n) is 7.90. The summed E-state index contributed by atoms with van der Waals surface area (Å²) in [7, 11) is -3.30. The van der Waals surface area contributed by atoms with Crippen molar-refractivity contribution in [1.82, 2.24) is 19.0 Å². The molecule has 8 nitrogen and oxygen atoms in total. The summed E-state index contributed by atoms with van der Waals surface area (Å²) in [5.41, 5.74) is 0. The molecule has 3 saturated heterocycles. The van der Waals surface area contributed by atoms with E-state index in [1.807, 2.05) is 9.80 Å². The molecule has 2 amide bonds. The van der Waals surface area contributed by atoms with Crippen molar-refractivity contribution in [3.05, 3.63) is 0 Å². The highest BCUT2D eigenvalue weighted by atomic mass is 32.2. The minimum absolute atomic E-state index is 0.0208. The molecule has 0 saturated carbocycles. The fourth-order valence-electron chi connectivity index (χ4n) is 4.36. The van der Waals surface area contributed by atoms with E-state index in [9.17, 15) is 13.2 Å². The standard InChI is InChI=1S/C18H34N4O4S/c1-27(24,25)22(11-10-19-7-3-2-4-8-19)17-6-5-9-21(16-17)18(23)20-12-14-26-15-13-20/h17H,2-16H2,1H3. The number of carbonyl (C=O) groups excluding carboxylic acids is 1.